The number of halogens is 1. The van der Waals surface area contributed by atoms with Gasteiger partial charge in [-0.05, 0) is 25.8 Å². The van der Waals surface area contributed by atoms with Gasteiger partial charge in [-0.3, -0.25) is 4.79 Å². The van der Waals surface area contributed by atoms with Gasteiger partial charge in [-0.15, -0.1) is 12.4 Å². The van der Waals surface area contributed by atoms with E-state index in [9.17, 15) is 9.90 Å². The molecule has 0 aromatic rings. The number of amides is 1. The van der Waals surface area contributed by atoms with E-state index in [1.54, 1.807) is 0 Å². The third kappa shape index (κ3) is 6.03. The summed E-state index contributed by atoms with van der Waals surface area (Å²) in [7, 11) is 1.83. The van der Waals surface area contributed by atoms with Gasteiger partial charge in [-0.25, -0.2) is 0 Å². The van der Waals surface area contributed by atoms with Crippen molar-refractivity contribution in [2.45, 2.75) is 45.1 Å². The number of rotatable bonds is 6. The van der Waals surface area contributed by atoms with Gasteiger partial charge < -0.3 is 15.7 Å². The zero-order valence-electron chi connectivity index (χ0n) is 11.4. The first kappa shape index (κ1) is 17.7. The van der Waals surface area contributed by atoms with Crippen molar-refractivity contribution in [2.75, 3.05) is 20.1 Å². The van der Waals surface area contributed by atoms with Crippen LogP contribution in [-0.2, 0) is 4.79 Å². The molecule has 1 amide bonds. The van der Waals surface area contributed by atoms with Crippen molar-refractivity contribution in [1.82, 2.24) is 10.6 Å². The van der Waals surface area contributed by atoms with Gasteiger partial charge in [0.2, 0.25) is 5.91 Å². The number of carbonyl (C=O) groups excluding carboxylic acids is 1. The molecule has 0 heterocycles. The minimum absolute atomic E-state index is 0. The third-order valence-electron chi connectivity index (χ3n) is 3.64. The van der Waals surface area contributed by atoms with E-state index in [2.05, 4.69) is 10.6 Å². The summed E-state index contributed by atoms with van der Waals surface area (Å²) in [5.41, 5.74) is 0. The number of carbonyl (C=O) groups is 1. The minimum Gasteiger partial charge on any atom is -0.391 e. The highest BCUT2D eigenvalue weighted by molar-refractivity contribution is 5.85. The Kier molecular flexibility index (Phi) is 9.42. The fourth-order valence-corrected chi connectivity index (χ4v) is 2.46. The third-order valence-corrected chi connectivity index (χ3v) is 3.64. The average Bonchev–Trinajstić information content (AvgIpc) is 2.36. The fourth-order valence-electron chi connectivity index (χ4n) is 2.46. The highest BCUT2D eigenvalue weighted by atomic mass is 35.5. The maximum Gasteiger partial charge on any atom is 0.224 e. The van der Waals surface area contributed by atoms with E-state index in [1.165, 1.54) is 19.3 Å². The first-order valence-corrected chi connectivity index (χ1v) is 6.75. The van der Waals surface area contributed by atoms with E-state index in [-0.39, 0.29) is 30.3 Å². The van der Waals surface area contributed by atoms with Crippen LogP contribution in [0.3, 0.4) is 0 Å². The lowest BCUT2D eigenvalue weighted by Gasteiger charge is -2.27. The second-order valence-electron chi connectivity index (χ2n) is 5.17. The topological polar surface area (TPSA) is 61.4 Å². The maximum absolute atomic E-state index is 11.7. The highest BCUT2D eigenvalue weighted by Crippen LogP contribution is 2.26. The van der Waals surface area contributed by atoms with Crippen molar-refractivity contribution in [3.8, 4) is 0 Å². The van der Waals surface area contributed by atoms with Crippen LogP contribution in [0.1, 0.15) is 39.0 Å². The van der Waals surface area contributed by atoms with E-state index < -0.39 is 0 Å². The van der Waals surface area contributed by atoms with Gasteiger partial charge in [0.1, 0.15) is 0 Å². The van der Waals surface area contributed by atoms with E-state index in [1.807, 2.05) is 14.0 Å². The first-order chi connectivity index (χ1) is 8.15. The Morgan fingerprint density at radius 1 is 1.28 bits per heavy atom. The quantitative estimate of drug-likeness (QED) is 0.687. The summed E-state index contributed by atoms with van der Waals surface area (Å²) in [6.07, 6.45) is 5.54. The molecule has 1 aliphatic rings. The zero-order valence-corrected chi connectivity index (χ0v) is 12.3. The standard InChI is InChI=1S/C13H26N2O2.ClH/c1-10(8-14-2)13(17)15-9-12(16)11-6-4-3-5-7-11;/h10-12,14,16H,3-9H2,1-2H3,(H,15,17);1H. The van der Waals surface area contributed by atoms with Crippen molar-refractivity contribution in [3.63, 3.8) is 0 Å². The predicted octanol–water partition coefficient (Wildman–Crippen LogP) is 1.32. The molecule has 1 rings (SSSR count). The Bertz CT molecular complexity index is 233. The molecule has 0 saturated heterocycles. The van der Waals surface area contributed by atoms with Crippen molar-refractivity contribution < 1.29 is 9.90 Å². The molecule has 2 atom stereocenters. The molecular weight excluding hydrogens is 252 g/mol. The molecule has 1 fully saturated rings. The van der Waals surface area contributed by atoms with Gasteiger partial charge in [0.15, 0.2) is 0 Å². The van der Waals surface area contributed by atoms with E-state index in [0.29, 0.717) is 19.0 Å². The number of aliphatic hydroxyl groups is 1. The summed E-state index contributed by atoms with van der Waals surface area (Å²) in [5, 5.41) is 15.8. The van der Waals surface area contributed by atoms with Crippen LogP contribution in [0.15, 0.2) is 0 Å². The summed E-state index contributed by atoms with van der Waals surface area (Å²) in [5.74, 6) is 0.358. The summed E-state index contributed by atoms with van der Waals surface area (Å²) in [4.78, 5) is 11.7. The molecule has 1 saturated carbocycles. The monoisotopic (exact) mass is 278 g/mol. The van der Waals surface area contributed by atoms with Gasteiger partial charge in [-0.1, -0.05) is 26.2 Å². The normalized spacial score (nSPS) is 19.7. The van der Waals surface area contributed by atoms with Crippen LogP contribution in [0.2, 0.25) is 0 Å². The molecule has 0 aromatic carbocycles. The molecule has 4 nitrogen and oxygen atoms in total. The second-order valence-corrected chi connectivity index (χ2v) is 5.17. The molecule has 108 valence electrons. The number of nitrogens with one attached hydrogen (secondary N) is 2. The van der Waals surface area contributed by atoms with E-state index in [4.69, 9.17) is 0 Å². The van der Waals surface area contributed by atoms with Gasteiger partial charge in [-0.2, -0.15) is 0 Å². The molecule has 0 aliphatic heterocycles. The lowest BCUT2D eigenvalue weighted by molar-refractivity contribution is -0.125. The molecule has 3 N–H and O–H groups in total. The second kappa shape index (κ2) is 9.59. The van der Waals surface area contributed by atoms with Crippen LogP contribution in [-0.4, -0.2) is 37.3 Å². The molecule has 0 bridgehead atoms. The number of hydrogen-bond acceptors (Lipinski definition) is 3. The van der Waals surface area contributed by atoms with Gasteiger partial charge in [0.05, 0.1) is 6.10 Å². The summed E-state index contributed by atoms with van der Waals surface area (Å²) >= 11 is 0. The van der Waals surface area contributed by atoms with Crippen LogP contribution < -0.4 is 10.6 Å². The molecule has 2 unspecified atom stereocenters. The SMILES string of the molecule is CNCC(C)C(=O)NCC(O)C1CCCCC1.Cl. The highest BCUT2D eigenvalue weighted by Gasteiger charge is 2.22. The molecular formula is C13H27ClN2O2. The summed E-state index contributed by atoms with van der Waals surface area (Å²) < 4.78 is 0. The van der Waals surface area contributed by atoms with Gasteiger partial charge >= 0.3 is 0 Å². The summed E-state index contributed by atoms with van der Waals surface area (Å²) in [6, 6.07) is 0. The Balaban J connectivity index is 0.00000289. The Morgan fingerprint density at radius 2 is 1.89 bits per heavy atom. The molecule has 0 spiro atoms. The van der Waals surface area contributed by atoms with Gasteiger partial charge in [0.25, 0.3) is 0 Å². The van der Waals surface area contributed by atoms with E-state index >= 15 is 0 Å². The summed E-state index contributed by atoms with van der Waals surface area (Å²) in [6.45, 7) is 2.96. The lowest BCUT2D eigenvalue weighted by Crippen LogP contribution is -2.41. The minimum atomic E-state index is -0.374. The van der Waals surface area contributed by atoms with Crippen molar-refractivity contribution in [3.05, 3.63) is 0 Å². The van der Waals surface area contributed by atoms with Crippen LogP contribution in [0.5, 0.6) is 0 Å². The van der Waals surface area contributed by atoms with Crippen LogP contribution in [0.4, 0.5) is 0 Å². The average molecular weight is 279 g/mol. The zero-order chi connectivity index (χ0) is 12.7. The van der Waals surface area contributed by atoms with Gasteiger partial charge in [0, 0.05) is 19.0 Å². The number of hydrogen-bond donors (Lipinski definition) is 3. The largest absolute Gasteiger partial charge is 0.391 e. The van der Waals surface area contributed by atoms with E-state index in [0.717, 1.165) is 12.8 Å². The van der Waals surface area contributed by atoms with Crippen LogP contribution in [0.25, 0.3) is 0 Å². The van der Waals surface area contributed by atoms with Crippen LogP contribution in [0, 0.1) is 11.8 Å². The molecule has 5 heteroatoms. The molecule has 0 radical (unpaired) electrons. The fraction of sp³-hybridized carbons (Fsp3) is 0.923. The lowest BCUT2D eigenvalue weighted by atomic mass is 9.85. The van der Waals surface area contributed by atoms with Crippen molar-refractivity contribution >= 4 is 18.3 Å². The predicted molar refractivity (Wildman–Crippen MR) is 75.9 cm³/mol. The van der Waals surface area contributed by atoms with Crippen LogP contribution >= 0.6 is 12.4 Å². The smallest absolute Gasteiger partial charge is 0.224 e. The molecule has 0 aromatic heterocycles. The Hall–Kier alpha value is -0.320. The maximum atomic E-state index is 11.7. The molecule has 1 aliphatic carbocycles. The first-order valence-electron chi connectivity index (χ1n) is 6.75. The number of aliphatic hydroxyl groups excluding tert-OH is 1. The Labute approximate surface area is 116 Å². The van der Waals surface area contributed by atoms with Crippen molar-refractivity contribution in [1.29, 1.82) is 0 Å². The Morgan fingerprint density at radius 3 is 2.44 bits per heavy atom. The van der Waals surface area contributed by atoms with Crippen molar-refractivity contribution in [2.24, 2.45) is 11.8 Å². The molecule has 18 heavy (non-hydrogen) atoms.